The van der Waals surface area contributed by atoms with E-state index in [1.54, 1.807) is 18.2 Å². The molecule has 44 heavy (non-hydrogen) atoms. The number of nitrogens with zero attached hydrogens (tertiary/aromatic N) is 3. The van der Waals surface area contributed by atoms with Crippen molar-refractivity contribution < 1.29 is 28.3 Å². The highest BCUT2D eigenvalue weighted by Gasteiger charge is 2.59. The summed E-state index contributed by atoms with van der Waals surface area (Å²) in [7, 11) is 1.53. The molecule has 5 rings (SSSR count). The van der Waals surface area contributed by atoms with Crippen molar-refractivity contribution in [2.75, 3.05) is 32.1 Å². The van der Waals surface area contributed by atoms with Gasteiger partial charge in [-0.1, -0.05) is 51.1 Å². The Kier molecular flexibility index (Phi) is 8.49. The smallest absolute Gasteiger partial charge is 0.302 e. The van der Waals surface area contributed by atoms with E-state index in [-0.39, 0.29) is 56.8 Å². The minimum absolute atomic E-state index is 0.0157. The molecule has 0 unspecified atom stereocenters. The number of benzene rings is 2. The number of likely N-dealkylation sites (N-methyl/N-ethyl adjacent to an activating group) is 1. The van der Waals surface area contributed by atoms with Gasteiger partial charge in [0.25, 0.3) is 5.91 Å². The van der Waals surface area contributed by atoms with Crippen LogP contribution < -0.4 is 10.6 Å². The van der Waals surface area contributed by atoms with Crippen molar-refractivity contribution in [2.45, 2.75) is 63.7 Å². The number of nitrogens with one attached hydrogen (secondary N) is 2. The van der Waals surface area contributed by atoms with Crippen LogP contribution in [0.25, 0.3) is 4.85 Å². The predicted octanol–water partition coefficient (Wildman–Crippen LogP) is 3.13. The minimum atomic E-state index is -1.06. The van der Waals surface area contributed by atoms with Crippen LogP contribution in [0.5, 0.6) is 0 Å². The van der Waals surface area contributed by atoms with Crippen molar-refractivity contribution in [1.82, 2.24) is 15.1 Å². The number of hydrogen-bond acceptors (Lipinski definition) is 5. The zero-order chi connectivity index (χ0) is 31.8. The Morgan fingerprint density at radius 2 is 1.86 bits per heavy atom. The monoisotopic (exact) mass is 603 g/mol. The first-order valence-electron chi connectivity index (χ1n) is 14.8. The maximum absolute atomic E-state index is 14.4. The molecule has 3 aliphatic rings. The summed E-state index contributed by atoms with van der Waals surface area (Å²) >= 11 is 0. The molecule has 2 fully saturated rings. The molecule has 1 spiro atoms. The van der Waals surface area contributed by atoms with Gasteiger partial charge < -0.3 is 20.3 Å². The molecule has 2 N–H and O–H groups in total. The molecule has 0 aromatic heterocycles. The van der Waals surface area contributed by atoms with E-state index < -0.39 is 46.7 Å². The fraction of sp³-hybridized carbons (Fsp3) is 0.485. The number of halogens is 1. The molecule has 4 amide bonds. The number of rotatable bonds is 8. The summed E-state index contributed by atoms with van der Waals surface area (Å²) < 4.78 is 18.8. The first-order valence-corrected chi connectivity index (χ1v) is 14.8. The highest BCUT2D eigenvalue weighted by Crippen LogP contribution is 2.47. The molecule has 10 nitrogen and oxygen atoms in total. The summed E-state index contributed by atoms with van der Waals surface area (Å²) in [5.74, 6) is -2.29. The second kappa shape index (κ2) is 12.0. The van der Waals surface area contributed by atoms with Gasteiger partial charge in [-0.3, -0.25) is 28.9 Å². The van der Waals surface area contributed by atoms with Crippen molar-refractivity contribution in [3.63, 3.8) is 0 Å². The number of amides is 4. The fourth-order valence-electron chi connectivity index (χ4n) is 6.25. The first-order chi connectivity index (χ1) is 20.8. The average molecular weight is 604 g/mol. The first kappa shape index (κ1) is 31.1. The molecule has 3 heterocycles. The Bertz CT molecular complexity index is 1500. The zero-order valence-corrected chi connectivity index (χ0v) is 25.4. The van der Waals surface area contributed by atoms with E-state index in [1.807, 2.05) is 39.0 Å². The highest BCUT2D eigenvalue weighted by molar-refractivity contribution is 6.07. The summed E-state index contributed by atoms with van der Waals surface area (Å²) in [6, 6.07) is 11.0. The van der Waals surface area contributed by atoms with Crippen LogP contribution in [0, 0.1) is 23.7 Å². The number of ether oxygens (including phenoxy) is 1. The van der Waals surface area contributed by atoms with Gasteiger partial charge in [0.2, 0.25) is 17.7 Å². The summed E-state index contributed by atoms with van der Waals surface area (Å²) in [4.78, 5) is 61.3. The Morgan fingerprint density at radius 3 is 2.48 bits per heavy atom. The molecule has 2 aromatic rings. The van der Waals surface area contributed by atoms with Crippen LogP contribution in [0.15, 0.2) is 48.5 Å². The van der Waals surface area contributed by atoms with Gasteiger partial charge in [0.05, 0.1) is 25.6 Å². The second-order valence-corrected chi connectivity index (χ2v) is 13.2. The summed E-state index contributed by atoms with van der Waals surface area (Å²) in [6.07, 6.45) is -0.372. The maximum Gasteiger partial charge on any atom is 0.302 e. The number of carbonyl (C=O) groups is 4. The van der Waals surface area contributed by atoms with Crippen LogP contribution >= 0.6 is 0 Å². The lowest BCUT2D eigenvalue weighted by Crippen LogP contribution is -2.58. The molecule has 3 aliphatic heterocycles. The van der Waals surface area contributed by atoms with Crippen LogP contribution in [-0.2, 0) is 35.8 Å². The van der Waals surface area contributed by atoms with Crippen molar-refractivity contribution in [2.24, 2.45) is 11.3 Å². The summed E-state index contributed by atoms with van der Waals surface area (Å²) in [5.41, 5.74) is 0.622. The molecule has 0 radical (unpaired) electrons. The molecule has 0 aliphatic carbocycles. The Morgan fingerprint density at radius 1 is 1.18 bits per heavy atom. The SMILES string of the molecule is [C-]#[N+][C@@H]1C[C@@]2(CN1C(=O)[C@H](CC(C)(C)C)N(C)C(=O)[C@H](Cc1ccc(F)cc1)NC(=O)C1COC1)C(=O)Nc1ccccc12. The molecule has 4 atom stereocenters. The Balaban J connectivity index is 1.44. The van der Waals surface area contributed by atoms with Gasteiger partial charge in [0, 0.05) is 25.7 Å². The molecular weight excluding hydrogens is 565 g/mol. The van der Waals surface area contributed by atoms with Crippen molar-refractivity contribution in [1.29, 1.82) is 0 Å². The maximum atomic E-state index is 14.4. The summed E-state index contributed by atoms with van der Waals surface area (Å²) in [5, 5.41) is 5.74. The lowest BCUT2D eigenvalue weighted by molar-refractivity contribution is -0.149. The van der Waals surface area contributed by atoms with Crippen molar-refractivity contribution in [3.8, 4) is 0 Å². The number of hydrogen-bond donors (Lipinski definition) is 2. The quantitative estimate of drug-likeness (QED) is 0.451. The third-order valence-electron chi connectivity index (χ3n) is 8.77. The Hall–Kier alpha value is -4.30. The van der Waals surface area contributed by atoms with E-state index in [0.717, 1.165) is 5.56 Å². The van der Waals surface area contributed by atoms with Gasteiger partial charge in [-0.25, -0.2) is 11.0 Å². The normalized spacial score (nSPS) is 22.4. The average Bonchev–Trinajstić information content (AvgIpc) is 3.47. The molecule has 2 saturated heterocycles. The molecule has 11 heteroatoms. The van der Waals surface area contributed by atoms with E-state index in [9.17, 15) is 23.6 Å². The predicted molar refractivity (Wildman–Crippen MR) is 160 cm³/mol. The van der Waals surface area contributed by atoms with Crippen LogP contribution in [0.3, 0.4) is 0 Å². The zero-order valence-electron chi connectivity index (χ0n) is 25.4. The van der Waals surface area contributed by atoms with E-state index in [2.05, 4.69) is 15.5 Å². The largest absolute Gasteiger partial charge is 0.380 e. The van der Waals surface area contributed by atoms with Gasteiger partial charge in [-0.15, -0.1) is 0 Å². The minimum Gasteiger partial charge on any atom is -0.380 e. The topological polar surface area (TPSA) is 112 Å². The van der Waals surface area contributed by atoms with Gasteiger partial charge in [-0.05, 0) is 41.2 Å². The van der Waals surface area contributed by atoms with Gasteiger partial charge in [-0.2, -0.15) is 0 Å². The number of likely N-dealkylation sites (tertiary alicyclic amines) is 1. The van der Waals surface area contributed by atoms with Crippen LogP contribution in [0.4, 0.5) is 10.1 Å². The Labute approximate surface area is 256 Å². The van der Waals surface area contributed by atoms with E-state index in [0.29, 0.717) is 11.3 Å². The van der Waals surface area contributed by atoms with Crippen LogP contribution in [0.1, 0.15) is 44.7 Å². The van der Waals surface area contributed by atoms with Crippen molar-refractivity contribution in [3.05, 3.63) is 76.9 Å². The third kappa shape index (κ3) is 6.04. The molecule has 232 valence electrons. The van der Waals surface area contributed by atoms with Crippen molar-refractivity contribution >= 4 is 29.3 Å². The van der Waals surface area contributed by atoms with E-state index in [4.69, 9.17) is 11.3 Å². The van der Waals surface area contributed by atoms with Crippen LogP contribution in [0.2, 0.25) is 0 Å². The number of para-hydroxylation sites is 1. The number of carbonyl (C=O) groups excluding carboxylic acids is 4. The standard InChI is InChI=1S/C33H38FN5O5/c1-32(2,3)15-26(30(42)39-19-33(16-27(39)35-4)23-8-6-7-9-24(23)37-31(33)43)38(5)29(41)25(36-28(40)21-17-44-18-21)14-20-10-12-22(34)13-11-20/h6-13,21,25-27H,14-19H2,1-3,5H3,(H,36,40)(H,37,43)/t25-,26-,27-,33-/m0/s1. The van der Waals surface area contributed by atoms with Gasteiger partial charge >= 0.3 is 6.17 Å². The molecule has 2 aromatic carbocycles. The van der Waals surface area contributed by atoms with E-state index >= 15 is 0 Å². The lowest BCUT2D eigenvalue weighted by Gasteiger charge is -2.37. The molecule has 0 bridgehead atoms. The van der Waals surface area contributed by atoms with Crippen LogP contribution in [-0.4, -0.2) is 78.5 Å². The second-order valence-electron chi connectivity index (χ2n) is 13.2. The summed E-state index contributed by atoms with van der Waals surface area (Å²) in [6.45, 7) is 14.3. The van der Waals surface area contributed by atoms with E-state index in [1.165, 1.54) is 29.0 Å². The number of anilines is 1. The third-order valence-corrected chi connectivity index (χ3v) is 8.77. The van der Waals surface area contributed by atoms with Gasteiger partial charge in [0.1, 0.15) is 23.3 Å². The van der Waals surface area contributed by atoms with Gasteiger partial charge in [0.15, 0.2) is 0 Å². The number of fused-ring (bicyclic) bond motifs is 2. The highest BCUT2D eigenvalue weighted by atomic mass is 19.1. The fourth-order valence-corrected chi connectivity index (χ4v) is 6.25. The molecule has 0 saturated carbocycles. The lowest BCUT2D eigenvalue weighted by atomic mass is 9.80. The molecular formula is C33H38FN5O5.